The van der Waals surface area contributed by atoms with Gasteiger partial charge in [0.2, 0.25) is 0 Å². The van der Waals surface area contributed by atoms with Gasteiger partial charge in [-0.3, -0.25) is 4.98 Å². The van der Waals surface area contributed by atoms with Gasteiger partial charge in [-0.2, -0.15) is 0 Å². The molecule has 3 nitrogen and oxygen atoms in total. The summed E-state index contributed by atoms with van der Waals surface area (Å²) < 4.78 is 18.5. The van der Waals surface area contributed by atoms with Gasteiger partial charge in [0.1, 0.15) is 11.6 Å². The standard InChI is InChI=1S/C16H17FN2O/c17-12-5-6-15(19-10-12)14(18)9-11-7-8-20-16-4-2-1-3-13(11)16/h1-6,10-11,14H,7-9,18H2. The van der Waals surface area contributed by atoms with Gasteiger partial charge in [-0.25, -0.2) is 4.39 Å². The van der Waals surface area contributed by atoms with Crippen LogP contribution in [0.5, 0.6) is 5.75 Å². The first-order valence-electron chi connectivity index (χ1n) is 6.83. The van der Waals surface area contributed by atoms with Crippen LogP contribution in [0.15, 0.2) is 42.6 Å². The molecule has 2 unspecified atom stereocenters. The van der Waals surface area contributed by atoms with Crippen LogP contribution in [-0.4, -0.2) is 11.6 Å². The lowest BCUT2D eigenvalue weighted by Gasteiger charge is -2.27. The van der Waals surface area contributed by atoms with Crippen molar-refractivity contribution >= 4 is 0 Å². The Kier molecular flexibility index (Phi) is 3.65. The van der Waals surface area contributed by atoms with Gasteiger partial charge in [0, 0.05) is 6.04 Å². The number of hydrogen-bond acceptors (Lipinski definition) is 3. The fourth-order valence-electron chi connectivity index (χ4n) is 2.69. The molecule has 0 fully saturated rings. The lowest BCUT2D eigenvalue weighted by Crippen LogP contribution is -2.20. The van der Waals surface area contributed by atoms with E-state index < -0.39 is 0 Å². The molecule has 1 aromatic heterocycles. The topological polar surface area (TPSA) is 48.1 Å². The first-order chi connectivity index (χ1) is 9.74. The molecule has 0 bridgehead atoms. The summed E-state index contributed by atoms with van der Waals surface area (Å²) in [7, 11) is 0. The van der Waals surface area contributed by atoms with Crippen molar-refractivity contribution < 1.29 is 9.13 Å². The van der Waals surface area contributed by atoms with Crippen molar-refractivity contribution in [2.75, 3.05) is 6.61 Å². The average Bonchev–Trinajstić information content (AvgIpc) is 2.48. The highest BCUT2D eigenvalue weighted by Gasteiger charge is 2.24. The van der Waals surface area contributed by atoms with Gasteiger partial charge in [0.15, 0.2) is 0 Å². The van der Waals surface area contributed by atoms with E-state index in [-0.39, 0.29) is 11.9 Å². The zero-order valence-electron chi connectivity index (χ0n) is 11.1. The van der Waals surface area contributed by atoms with Crippen molar-refractivity contribution in [2.45, 2.75) is 24.8 Å². The number of nitrogens with two attached hydrogens (primary N) is 1. The summed E-state index contributed by atoms with van der Waals surface area (Å²) >= 11 is 0. The Morgan fingerprint density at radius 1 is 1.30 bits per heavy atom. The van der Waals surface area contributed by atoms with E-state index >= 15 is 0 Å². The summed E-state index contributed by atoms with van der Waals surface area (Å²) in [6.07, 6.45) is 2.96. The maximum absolute atomic E-state index is 12.9. The highest BCUT2D eigenvalue weighted by atomic mass is 19.1. The highest BCUT2D eigenvalue weighted by Crippen LogP contribution is 2.37. The second-order valence-corrected chi connectivity index (χ2v) is 5.12. The lowest BCUT2D eigenvalue weighted by atomic mass is 9.87. The lowest BCUT2D eigenvalue weighted by molar-refractivity contribution is 0.259. The first-order valence-corrected chi connectivity index (χ1v) is 6.83. The summed E-state index contributed by atoms with van der Waals surface area (Å²) in [6, 6.07) is 10.9. The van der Waals surface area contributed by atoms with E-state index in [1.54, 1.807) is 6.07 Å². The molecule has 0 spiro atoms. The van der Waals surface area contributed by atoms with Gasteiger partial charge in [0.05, 0.1) is 18.5 Å². The minimum atomic E-state index is -0.336. The molecule has 0 saturated heterocycles. The van der Waals surface area contributed by atoms with Gasteiger partial charge in [-0.15, -0.1) is 0 Å². The Hall–Kier alpha value is -1.94. The van der Waals surface area contributed by atoms with E-state index in [0.717, 1.165) is 24.3 Å². The van der Waals surface area contributed by atoms with Crippen LogP contribution in [0.4, 0.5) is 4.39 Å². The number of nitrogens with zero attached hydrogens (tertiary/aromatic N) is 1. The van der Waals surface area contributed by atoms with E-state index in [1.165, 1.54) is 17.8 Å². The third kappa shape index (κ3) is 2.65. The van der Waals surface area contributed by atoms with Crippen molar-refractivity contribution in [1.82, 2.24) is 4.98 Å². The molecule has 20 heavy (non-hydrogen) atoms. The SMILES string of the molecule is NC(CC1CCOc2ccccc21)c1ccc(F)cn1. The van der Waals surface area contributed by atoms with Gasteiger partial charge in [-0.05, 0) is 42.5 Å². The maximum atomic E-state index is 12.9. The van der Waals surface area contributed by atoms with Crippen LogP contribution in [0.2, 0.25) is 0 Å². The largest absolute Gasteiger partial charge is 0.493 e. The number of fused-ring (bicyclic) bond motifs is 1. The number of rotatable bonds is 3. The number of aromatic nitrogens is 1. The van der Waals surface area contributed by atoms with Crippen molar-refractivity contribution in [2.24, 2.45) is 5.73 Å². The zero-order valence-corrected chi connectivity index (χ0v) is 11.1. The number of hydrogen-bond donors (Lipinski definition) is 1. The molecule has 2 N–H and O–H groups in total. The molecular weight excluding hydrogens is 255 g/mol. The van der Waals surface area contributed by atoms with E-state index in [4.69, 9.17) is 10.5 Å². The van der Waals surface area contributed by atoms with Gasteiger partial charge >= 0.3 is 0 Å². The third-order valence-electron chi connectivity index (χ3n) is 3.75. The zero-order chi connectivity index (χ0) is 13.9. The fraction of sp³-hybridized carbons (Fsp3) is 0.312. The Labute approximate surface area is 117 Å². The normalized spacial score (nSPS) is 19.0. The fourth-order valence-corrected chi connectivity index (χ4v) is 2.69. The molecule has 104 valence electrons. The molecule has 2 aromatic rings. The van der Waals surface area contributed by atoms with Crippen LogP contribution in [0, 0.1) is 5.82 Å². The Morgan fingerprint density at radius 2 is 2.15 bits per heavy atom. The van der Waals surface area contributed by atoms with Gasteiger partial charge in [0.25, 0.3) is 0 Å². The summed E-state index contributed by atoms with van der Waals surface area (Å²) in [4.78, 5) is 4.07. The summed E-state index contributed by atoms with van der Waals surface area (Å²) in [5.74, 6) is 0.974. The van der Waals surface area contributed by atoms with Crippen LogP contribution in [-0.2, 0) is 0 Å². The summed E-state index contributed by atoms with van der Waals surface area (Å²) in [5, 5.41) is 0. The number of ether oxygens (including phenoxy) is 1. The molecular formula is C16H17FN2O. The molecule has 0 radical (unpaired) electrons. The number of halogens is 1. The van der Waals surface area contributed by atoms with Crippen LogP contribution >= 0.6 is 0 Å². The molecule has 1 aliphatic rings. The first kappa shape index (κ1) is 13.1. The molecule has 2 atom stereocenters. The molecule has 1 aromatic carbocycles. The van der Waals surface area contributed by atoms with Gasteiger partial charge < -0.3 is 10.5 Å². The van der Waals surface area contributed by atoms with Crippen LogP contribution in [0.25, 0.3) is 0 Å². The second kappa shape index (κ2) is 5.59. The predicted molar refractivity (Wildman–Crippen MR) is 75.0 cm³/mol. The molecule has 0 amide bonds. The van der Waals surface area contributed by atoms with Crippen LogP contribution < -0.4 is 10.5 Å². The molecule has 3 rings (SSSR count). The summed E-state index contributed by atoms with van der Waals surface area (Å²) in [6.45, 7) is 0.714. The van der Waals surface area contributed by atoms with Crippen molar-refractivity contribution in [1.29, 1.82) is 0 Å². The van der Waals surface area contributed by atoms with Crippen LogP contribution in [0.1, 0.15) is 36.1 Å². The maximum Gasteiger partial charge on any atom is 0.141 e. The van der Waals surface area contributed by atoms with Crippen LogP contribution in [0.3, 0.4) is 0 Å². The quantitative estimate of drug-likeness (QED) is 0.933. The molecule has 1 aliphatic heterocycles. The Balaban J connectivity index is 1.77. The molecule has 0 saturated carbocycles. The number of benzene rings is 1. The summed E-state index contributed by atoms with van der Waals surface area (Å²) in [5.41, 5.74) is 8.14. The molecule has 0 aliphatic carbocycles. The number of pyridine rings is 1. The average molecular weight is 272 g/mol. The van der Waals surface area contributed by atoms with Gasteiger partial charge in [-0.1, -0.05) is 18.2 Å². The number of para-hydroxylation sites is 1. The molecule has 2 heterocycles. The second-order valence-electron chi connectivity index (χ2n) is 5.12. The van der Waals surface area contributed by atoms with E-state index in [9.17, 15) is 4.39 Å². The van der Waals surface area contributed by atoms with E-state index in [0.29, 0.717) is 12.5 Å². The monoisotopic (exact) mass is 272 g/mol. The van der Waals surface area contributed by atoms with E-state index in [2.05, 4.69) is 11.1 Å². The predicted octanol–water partition coefficient (Wildman–Crippen LogP) is 3.18. The van der Waals surface area contributed by atoms with E-state index in [1.807, 2.05) is 18.2 Å². The Bertz CT molecular complexity index is 585. The van der Waals surface area contributed by atoms with Crippen molar-refractivity contribution in [3.05, 3.63) is 59.7 Å². The Morgan fingerprint density at radius 3 is 2.95 bits per heavy atom. The third-order valence-corrected chi connectivity index (χ3v) is 3.75. The highest BCUT2D eigenvalue weighted by molar-refractivity contribution is 5.38. The molecule has 4 heteroatoms. The van der Waals surface area contributed by atoms with Crippen molar-refractivity contribution in [3.8, 4) is 5.75 Å². The van der Waals surface area contributed by atoms with Crippen molar-refractivity contribution in [3.63, 3.8) is 0 Å². The smallest absolute Gasteiger partial charge is 0.141 e. The minimum Gasteiger partial charge on any atom is -0.493 e. The minimum absolute atomic E-state index is 0.188.